The van der Waals surface area contributed by atoms with Gasteiger partial charge in [0.1, 0.15) is 5.78 Å². The molecule has 0 saturated carbocycles. The number of ether oxygens (including phenoxy) is 1. The number of hydrogen-bond acceptors (Lipinski definition) is 5. The van der Waals surface area contributed by atoms with Crippen LogP contribution in [0.25, 0.3) is 0 Å². The van der Waals surface area contributed by atoms with Crippen molar-refractivity contribution in [3.8, 4) is 0 Å². The van der Waals surface area contributed by atoms with Gasteiger partial charge in [-0.1, -0.05) is 20.8 Å². The van der Waals surface area contributed by atoms with Gasteiger partial charge in [0.05, 0.1) is 6.10 Å². The van der Waals surface area contributed by atoms with Gasteiger partial charge in [-0.05, 0) is 5.41 Å². The van der Waals surface area contributed by atoms with E-state index in [9.17, 15) is 23.1 Å². The average molecular weight is 347 g/mol. The zero-order valence-electron chi connectivity index (χ0n) is 13.9. The molecule has 2 fully saturated rings. The molecular weight excluding hydrogens is 322 g/mol. The summed E-state index contributed by atoms with van der Waals surface area (Å²) >= 11 is 0. The number of piperidine rings is 1. The molecule has 7 nitrogen and oxygen atoms in total. The normalized spacial score (nSPS) is 31.1. The van der Waals surface area contributed by atoms with Crippen LogP contribution in [0.3, 0.4) is 0 Å². The first-order chi connectivity index (χ1) is 10.5. The summed E-state index contributed by atoms with van der Waals surface area (Å²) in [7, 11) is -4.06. The van der Waals surface area contributed by atoms with Crippen molar-refractivity contribution in [2.75, 3.05) is 19.7 Å². The summed E-state index contributed by atoms with van der Waals surface area (Å²) in [5.41, 5.74) is -0.353. The van der Waals surface area contributed by atoms with Gasteiger partial charge in [0.15, 0.2) is 4.75 Å². The SMILES string of the molecule is CC(C)(C)C1CC(C(=O)O)(S(=O)(=O)N2CCC(=O)CC2)CCO1. The first kappa shape index (κ1) is 18.4. The van der Waals surface area contributed by atoms with Crippen molar-refractivity contribution >= 4 is 21.8 Å². The van der Waals surface area contributed by atoms with Crippen LogP contribution in [0.5, 0.6) is 0 Å². The van der Waals surface area contributed by atoms with Crippen LogP contribution in [0.15, 0.2) is 0 Å². The van der Waals surface area contributed by atoms with Gasteiger partial charge in [0.25, 0.3) is 0 Å². The molecule has 2 heterocycles. The van der Waals surface area contributed by atoms with Gasteiger partial charge in [-0.25, -0.2) is 12.7 Å². The van der Waals surface area contributed by atoms with E-state index in [0.717, 1.165) is 0 Å². The Labute approximate surface area is 137 Å². The van der Waals surface area contributed by atoms with Gasteiger partial charge in [0.2, 0.25) is 10.0 Å². The molecule has 1 N–H and O–H groups in total. The van der Waals surface area contributed by atoms with Crippen LogP contribution in [0.2, 0.25) is 0 Å². The maximum Gasteiger partial charge on any atom is 0.326 e. The van der Waals surface area contributed by atoms with E-state index in [2.05, 4.69) is 0 Å². The number of rotatable bonds is 3. The van der Waals surface area contributed by atoms with Gasteiger partial charge in [-0.15, -0.1) is 0 Å². The minimum Gasteiger partial charge on any atom is -0.480 e. The van der Waals surface area contributed by atoms with Crippen molar-refractivity contribution in [1.29, 1.82) is 0 Å². The number of carboxylic acid groups (broad SMARTS) is 1. The van der Waals surface area contributed by atoms with Crippen LogP contribution in [0, 0.1) is 5.41 Å². The summed E-state index contributed by atoms with van der Waals surface area (Å²) < 4.78 is 31.1. The van der Waals surface area contributed by atoms with Crippen molar-refractivity contribution in [3.63, 3.8) is 0 Å². The Bertz CT molecular complexity index is 584. The van der Waals surface area contributed by atoms with Gasteiger partial charge >= 0.3 is 5.97 Å². The first-order valence-electron chi connectivity index (χ1n) is 7.87. The van der Waals surface area contributed by atoms with E-state index < -0.39 is 26.8 Å². The zero-order valence-corrected chi connectivity index (χ0v) is 14.7. The van der Waals surface area contributed by atoms with Gasteiger partial charge in [-0.2, -0.15) is 0 Å². The van der Waals surface area contributed by atoms with E-state index in [-0.39, 0.29) is 56.6 Å². The predicted molar refractivity (Wildman–Crippen MR) is 83.5 cm³/mol. The first-order valence-corrected chi connectivity index (χ1v) is 9.31. The Morgan fingerprint density at radius 3 is 2.35 bits per heavy atom. The molecule has 2 aliphatic rings. The summed E-state index contributed by atoms with van der Waals surface area (Å²) in [4.78, 5) is 23.3. The van der Waals surface area contributed by atoms with Crippen LogP contribution < -0.4 is 0 Å². The summed E-state index contributed by atoms with van der Waals surface area (Å²) in [6.07, 6.45) is -0.295. The summed E-state index contributed by atoms with van der Waals surface area (Å²) in [5, 5.41) is 9.76. The third-order valence-electron chi connectivity index (χ3n) is 4.81. The quantitative estimate of drug-likeness (QED) is 0.818. The molecule has 2 aliphatic heterocycles. The molecule has 2 saturated heterocycles. The van der Waals surface area contributed by atoms with Crippen molar-refractivity contribution in [1.82, 2.24) is 4.31 Å². The molecule has 0 radical (unpaired) electrons. The molecule has 0 amide bonds. The molecule has 2 rings (SSSR count). The number of sulfonamides is 1. The maximum atomic E-state index is 13.1. The number of aliphatic carboxylic acids is 1. The van der Waals surface area contributed by atoms with Gasteiger partial charge in [-0.3, -0.25) is 9.59 Å². The number of carboxylic acids is 1. The molecule has 0 aromatic rings. The van der Waals surface area contributed by atoms with Crippen LogP contribution in [0.4, 0.5) is 0 Å². The number of nitrogens with zero attached hydrogens (tertiary/aromatic N) is 1. The smallest absolute Gasteiger partial charge is 0.326 e. The summed E-state index contributed by atoms with van der Waals surface area (Å²) in [6, 6.07) is 0. The molecule has 23 heavy (non-hydrogen) atoms. The Kier molecular flexibility index (Phi) is 4.90. The van der Waals surface area contributed by atoms with E-state index >= 15 is 0 Å². The lowest BCUT2D eigenvalue weighted by atomic mass is 9.80. The van der Waals surface area contributed by atoms with Crippen molar-refractivity contribution in [2.45, 2.75) is 57.3 Å². The van der Waals surface area contributed by atoms with Crippen LogP contribution in [-0.4, -0.2) is 60.1 Å². The third kappa shape index (κ3) is 3.29. The highest BCUT2D eigenvalue weighted by atomic mass is 32.2. The van der Waals surface area contributed by atoms with Crippen LogP contribution in [-0.2, 0) is 24.3 Å². The van der Waals surface area contributed by atoms with Gasteiger partial charge < -0.3 is 9.84 Å². The highest BCUT2D eigenvalue weighted by Crippen LogP contribution is 2.41. The Balaban J connectivity index is 2.36. The molecule has 2 atom stereocenters. The van der Waals surface area contributed by atoms with E-state index in [1.807, 2.05) is 20.8 Å². The maximum absolute atomic E-state index is 13.1. The number of carbonyl (C=O) groups excluding carboxylic acids is 1. The van der Waals surface area contributed by atoms with E-state index in [1.54, 1.807) is 0 Å². The molecule has 0 aliphatic carbocycles. The number of hydrogen-bond donors (Lipinski definition) is 1. The van der Waals surface area contributed by atoms with Gasteiger partial charge in [0, 0.05) is 45.4 Å². The second kappa shape index (κ2) is 6.14. The standard InChI is InChI=1S/C15H25NO6S/c1-14(2,3)12-10-15(13(18)19,6-9-22-12)23(20,21)16-7-4-11(17)5-8-16/h12H,4-10H2,1-3H3,(H,18,19). The molecule has 0 spiro atoms. The molecule has 0 aromatic heterocycles. The van der Waals surface area contributed by atoms with Crippen molar-refractivity contribution < 1.29 is 27.9 Å². The fourth-order valence-electron chi connectivity index (χ4n) is 3.14. The molecule has 0 aromatic carbocycles. The Morgan fingerprint density at radius 2 is 1.87 bits per heavy atom. The van der Waals surface area contributed by atoms with Crippen LogP contribution in [0.1, 0.15) is 46.5 Å². The fraction of sp³-hybridized carbons (Fsp3) is 0.867. The van der Waals surface area contributed by atoms with E-state index in [0.29, 0.717) is 0 Å². The van der Waals surface area contributed by atoms with E-state index in [1.165, 1.54) is 4.31 Å². The lowest BCUT2D eigenvalue weighted by Crippen LogP contribution is -2.60. The second-order valence-corrected chi connectivity index (χ2v) is 9.67. The minimum absolute atomic E-state index is 0.0142. The Morgan fingerprint density at radius 1 is 1.30 bits per heavy atom. The molecule has 132 valence electrons. The Hall–Kier alpha value is -0.990. The van der Waals surface area contributed by atoms with Crippen molar-refractivity contribution in [3.05, 3.63) is 0 Å². The topological polar surface area (TPSA) is 101 Å². The average Bonchev–Trinajstić information content (AvgIpc) is 2.46. The predicted octanol–water partition coefficient (Wildman–Crippen LogP) is 1.03. The molecule has 0 bridgehead atoms. The lowest BCUT2D eigenvalue weighted by molar-refractivity contribution is -0.147. The van der Waals surface area contributed by atoms with Crippen molar-refractivity contribution in [2.24, 2.45) is 5.41 Å². The monoisotopic (exact) mass is 347 g/mol. The second-order valence-electron chi connectivity index (χ2n) is 7.42. The van der Waals surface area contributed by atoms with E-state index in [4.69, 9.17) is 4.74 Å². The number of Topliss-reactive ketones (excluding diaryl/α,β-unsaturated/α-hetero) is 1. The minimum atomic E-state index is -4.06. The molecule has 8 heteroatoms. The van der Waals surface area contributed by atoms with Crippen LogP contribution >= 0.6 is 0 Å². The number of ketones is 1. The lowest BCUT2D eigenvalue weighted by Gasteiger charge is -2.44. The largest absolute Gasteiger partial charge is 0.480 e. The third-order valence-corrected chi connectivity index (χ3v) is 7.39. The summed E-state index contributed by atoms with van der Waals surface area (Å²) in [6.45, 7) is 5.94. The molecule has 2 unspecified atom stereocenters. The highest BCUT2D eigenvalue weighted by Gasteiger charge is 2.57. The number of carbonyl (C=O) groups is 2. The molecular formula is C15H25NO6S. The highest BCUT2D eigenvalue weighted by molar-refractivity contribution is 7.91. The zero-order chi connectivity index (χ0) is 17.5. The fourth-order valence-corrected chi connectivity index (χ4v) is 5.23. The summed E-state index contributed by atoms with van der Waals surface area (Å²) in [5.74, 6) is -1.31.